The van der Waals surface area contributed by atoms with E-state index in [4.69, 9.17) is 16.2 Å². The third-order valence-corrected chi connectivity index (χ3v) is 3.50. The molecule has 1 aromatic rings. The number of aromatic nitrogens is 1. The van der Waals surface area contributed by atoms with Crippen molar-refractivity contribution in [2.45, 2.75) is 25.7 Å². The van der Waals surface area contributed by atoms with Crippen LogP contribution in [0.25, 0.3) is 0 Å². The Labute approximate surface area is 136 Å². The number of piperidine rings is 1. The Balaban J connectivity index is 1.78. The molecular weight excluding hydrogens is 292 g/mol. The molecule has 1 aliphatic rings. The maximum atomic E-state index is 5.94. The maximum Gasteiger partial charge on any atom is 0.226 e. The Morgan fingerprint density at radius 2 is 2.00 bits per heavy atom. The zero-order chi connectivity index (χ0) is 16.5. The molecule has 1 aromatic heterocycles. The Morgan fingerprint density at radius 1 is 1.22 bits per heavy atom. The van der Waals surface area contributed by atoms with Crippen LogP contribution in [0.3, 0.4) is 0 Å². The number of nitrogens with zero attached hydrogens (tertiary/aromatic N) is 4. The third kappa shape index (κ3) is 5.98. The van der Waals surface area contributed by atoms with E-state index < -0.39 is 0 Å². The minimum absolute atomic E-state index is 0.0518. The Hall–Kier alpha value is -2.57. The summed E-state index contributed by atoms with van der Waals surface area (Å²) in [4.78, 5) is 14.3. The quantitative estimate of drug-likeness (QED) is 0.483. The number of hydrogen-bond acceptors (Lipinski definition) is 3. The van der Waals surface area contributed by atoms with E-state index in [1.165, 1.54) is 6.42 Å². The van der Waals surface area contributed by atoms with Crippen LogP contribution in [0.15, 0.2) is 46.8 Å². The monoisotopic (exact) mass is 316 g/mol. The maximum absolute atomic E-state index is 5.94. The topological polar surface area (TPSA) is 102 Å². The fourth-order valence-electron chi connectivity index (χ4n) is 2.32. The van der Waals surface area contributed by atoms with Gasteiger partial charge in [0.1, 0.15) is 0 Å². The molecule has 1 saturated heterocycles. The second kappa shape index (κ2) is 8.77. The minimum Gasteiger partial charge on any atom is -0.478 e. The lowest BCUT2D eigenvalue weighted by Gasteiger charge is -2.27. The van der Waals surface area contributed by atoms with E-state index in [0.717, 1.165) is 31.6 Å². The smallest absolute Gasteiger partial charge is 0.226 e. The summed E-state index contributed by atoms with van der Waals surface area (Å²) in [6.07, 6.45) is 5.90. The first-order chi connectivity index (χ1) is 11.1. The number of nitrogens with two attached hydrogens (primary N) is 2. The molecule has 124 valence electrons. The lowest BCUT2D eigenvalue weighted by molar-refractivity contribution is 0.214. The molecule has 2 rings (SSSR count). The fourth-order valence-corrected chi connectivity index (χ4v) is 2.32. The first-order valence-corrected chi connectivity index (χ1v) is 7.80. The van der Waals surface area contributed by atoms with Gasteiger partial charge in [-0.2, -0.15) is 9.98 Å². The van der Waals surface area contributed by atoms with Crippen molar-refractivity contribution in [2.24, 2.45) is 21.5 Å². The molecule has 7 heteroatoms. The van der Waals surface area contributed by atoms with Crippen molar-refractivity contribution in [3.63, 3.8) is 0 Å². The van der Waals surface area contributed by atoms with Gasteiger partial charge >= 0.3 is 0 Å². The minimum atomic E-state index is 0.0518. The van der Waals surface area contributed by atoms with Crippen molar-refractivity contribution < 1.29 is 4.74 Å². The van der Waals surface area contributed by atoms with Crippen LogP contribution in [-0.2, 0) is 11.2 Å². The van der Waals surface area contributed by atoms with Crippen molar-refractivity contribution in [3.05, 3.63) is 42.6 Å². The van der Waals surface area contributed by atoms with Gasteiger partial charge in [-0.1, -0.05) is 6.07 Å². The van der Waals surface area contributed by atoms with Crippen molar-refractivity contribution in [2.75, 3.05) is 19.7 Å². The van der Waals surface area contributed by atoms with Crippen LogP contribution in [0.1, 0.15) is 25.0 Å². The largest absolute Gasteiger partial charge is 0.478 e. The lowest BCUT2D eigenvalue weighted by Crippen LogP contribution is -2.41. The molecule has 0 saturated carbocycles. The highest BCUT2D eigenvalue weighted by Crippen LogP contribution is 2.08. The van der Waals surface area contributed by atoms with Gasteiger partial charge in [-0.25, -0.2) is 0 Å². The van der Waals surface area contributed by atoms with Crippen molar-refractivity contribution >= 4 is 11.9 Å². The SMILES string of the molecule is C=C(N=C(N)N=C(N)N1CCCCC1)OCCc1ccccn1. The van der Waals surface area contributed by atoms with Gasteiger partial charge in [0, 0.05) is 31.4 Å². The predicted octanol–water partition coefficient (Wildman–Crippen LogP) is 1.23. The summed E-state index contributed by atoms with van der Waals surface area (Å²) in [5.74, 6) is 0.664. The number of pyridine rings is 1. The molecular formula is C16H24N6O. The van der Waals surface area contributed by atoms with Crippen LogP contribution >= 0.6 is 0 Å². The predicted molar refractivity (Wildman–Crippen MR) is 91.7 cm³/mol. The molecule has 1 aliphatic heterocycles. The Bertz CT molecular complexity index is 563. The number of rotatable bonds is 5. The molecule has 2 heterocycles. The molecule has 1 fully saturated rings. The number of ether oxygens (including phenoxy) is 1. The summed E-state index contributed by atoms with van der Waals surface area (Å²) in [6.45, 7) is 5.95. The highest BCUT2D eigenvalue weighted by atomic mass is 16.5. The normalized spacial score (nSPS) is 16.3. The van der Waals surface area contributed by atoms with E-state index in [-0.39, 0.29) is 11.8 Å². The van der Waals surface area contributed by atoms with E-state index in [1.54, 1.807) is 6.20 Å². The first-order valence-electron chi connectivity index (χ1n) is 7.80. The number of aliphatic imine (C=N–C) groups is 2. The molecule has 0 aromatic carbocycles. The average Bonchev–Trinajstić information content (AvgIpc) is 2.56. The summed E-state index contributed by atoms with van der Waals surface area (Å²) in [7, 11) is 0. The van der Waals surface area contributed by atoms with E-state index in [0.29, 0.717) is 19.0 Å². The van der Waals surface area contributed by atoms with E-state index in [2.05, 4.69) is 21.5 Å². The van der Waals surface area contributed by atoms with Crippen LogP contribution < -0.4 is 11.5 Å². The second-order valence-corrected chi connectivity index (χ2v) is 5.30. The van der Waals surface area contributed by atoms with E-state index >= 15 is 0 Å². The summed E-state index contributed by atoms with van der Waals surface area (Å²) < 4.78 is 5.42. The van der Waals surface area contributed by atoms with Crippen molar-refractivity contribution in [1.29, 1.82) is 0 Å². The molecule has 0 aliphatic carbocycles. The molecule has 0 atom stereocenters. The van der Waals surface area contributed by atoms with Crippen molar-refractivity contribution in [3.8, 4) is 0 Å². The van der Waals surface area contributed by atoms with Crippen LogP contribution in [0.2, 0.25) is 0 Å². The fraction of sp³-hybridized carbons (Fsp3) is 0.438. The highest BCUT2D eigenvalue weighted by molar-refractivity contribution is 5.93. The molecule has 0 unspecified atom stereocenters. The Morgan fingerprint density at radius 3 is 2.70 bits per heavy atom. The molecule has 23 heavy (non-hydrogen) atoms. The van der Waals surface area contributed by atoms with Gasteiger partial charge in [0.2, 0.25) is 11.8 Å². The van der Waals surface area contributed by atoms with Crippen LogP contribution in [0, 0.1) is 0 Å². The van der Waals surface area contributed by atoms with Gasteiger partial charge in [-0.15, -0.1) is 0 Å². The molecule has 0 spiro atoms. The van der Waals surface area contributed by atoms with E-state index in [1.807, 2.05) is 23.1 Å². The van der Waals surface area contributed by atoms with Crippen LogP contribution in [-0.4, -0.2) is 41.5 Å². The standard InChI is InChI=1S/C16H24N6O/c1-13(23-12-8-14-7-3-4-9-19-14)20-15(17)21-16(18)22-10-5-2-6-11-22/h3-4,7,9H,1-2,5-6,8,10-12H2,(H4,17,18,20,21). The lowest BCUT2D eigenvalue weighted by atomic mass is 10.1. The number of hydrogen-bond donors (Lipinski definition) is 2. The van der Waals surface area contributed by atoms with Gasteiger partial charge in [-0.3, -0.25) is 4.98 Å². The van der Waals surface area contributed by atoms with Gasteiger partial charge in [-0.05, 0) is 38.0 Å². The van der Waals surface area contributed by atoms with Crippen LogP contribution in [0.4, 0.5) is 0 Å². The molecule has 4 N–H and O–H groups in total. The number of likely N-dealkylation sites (tertiary alicyclic amines) is 1. The summed E-state index contributed by atoms with van der Waals surface area (Å²) in [5, 5.41) is 0. The molecule has 0 bridgehead atoms. The third-order valence-electron chi connectivity index (χ3n) is 3.50. The summed E-state index contributed by atoms with van der Waals surface area (Å²) in [5.41, 5.74) is 12.7. The molecule has 7 nitrogen and oxygen atoms in total. The molecule has 0 amide bonds. The van der Waals surface area contributed by atoms with E-state index in [9.17, 15) is 0 Å². The first kappa shape index (κ1) is 16.8. The van der Waals surface area contributed by atoms with Crippen molar-refractivity contribution in [1.82, 2.24) is 9.88 Å². The molecule has 0 radical (unpaired) electrons. The van der Waals surface area contributed by atoms with Gasteiger partial charge < -0.3 is 21.1 Å². The van der Waals surface area contributed by atoms with Gasteiger partial charge in [0.05, 0.1) is 6.61 Å². The average molecular weight is 316 g/mol. The van der Waals surface area contributed by atoms with Gasteiger partial charge in [0.25, 0.3) is 0 Å². The van der Waals surface area contributed by atoms with Crippen LogP contribution in [0.5, 0.6) is 0 Å². The zero-order valence-electron chi connectivity index (χ0n) is 13.3. The number of guanidine groups is 2. The Kier molecular flexibility index (Phi) is 6.40. The summed E-state index contributed by atoms with van der Waals surface area (Å²) in [6, 6.07) is 5.75. The summed E-state index contributed by atoms with van der Waals surface area (Å²) >= 11 is 0. The zero-order valence-corrected chi connectivity index (χ0v) is 13.3. The second-order valence-electron chi connectivity index (χ2n) is 5.30. The highest BCUT2D eigenvalue weighted by Gasteiger charge is 2.12. The van der Waals surface area contributed by atoms with Gasteiger partial charge in [0.15, 0.2) is 5.96 Å².